The van der Waals surface area contributed by atoms with Crippen molar-refractivity contribution in [2.24, 2.45) is 0 Å². The Kier molecular flexibility index (Phi) is 6.26. The number of ether oxygens (including phenoxy) is 1. The fourth-order valence-electron chi connectivity index (χ4n) is 1.43. The molecule has 0 amide bonds. The van der Waals surface area contributed by atoms with Crippen LogP contribution in [0, 0.1) is 0 Å². The summed E-state index contributed by atoms with van der Waals surface area (Å²) in [6.07, 6.45) is -7.12. The molecule has 0 spiro atoms. The maximum Gasteiger partial charge on any atom is 0.338 e. The number of aldehydes is 1. The molecule has 110 valence electrons. The largest absolute Gasteiger partial charge is 0.459 e. The average molecular weight is 284 g/mol. The van der Waals surface area contributed by atoms with E-state index in [2.05, 4.69) is 0 Å². The van der Waals surface area contributed by atoms with E-state index in [-0.39, 0.29) is 11.8 Å². The summed E-state index contributed by atoms with van der Waals surface area (Å²) in [5.74, 6) is -0.706. The normalized spacial score (nSPS) is 16.8. The first-order chi connectivity index (χ1) is 9.47. The minimum atomic E-state index is -1.86. The highest BCUT2D eigenvalue weighted by Gasteiger charge is 2.30. The lowest BCUT2D eigenvalue weighted by Crippen LogP contribution is -2.46. The average Bonchev–Trinajstić information content (AvgIpc) is 2.50. The molecule has 0 fully saturated rings. The van der Waals surface area contributed by atoms with Gasteiger partial charge in [-0.25, -0.2) is 4.79 Å². The van der Waals surface area contributed by atoms with Crippen LogP contribution in [0.3, 0.4) is 0 Å². The predicted molar refractivity (Wildman–Crippen MR) is 66.8 cm³/mol. The third-order valence-corrected chi connectivity index (χ3v) is 2.63. The van der Waals surface area contributed by atoms with Crippen LogP contribution in [0.4, 0.5) is 0 Å². The molecule has 7 nitrogen and oxygen atoms in total. The molecular weight excluding hydrogens is 268 g/mol. The number of aliphatic hydroxyl groups excluding tert-OH is 4. The van der Waals surface area contributed by atoms with E-state index in [9.17, 15) is 24.9 Å². The molecule has 20 heavy (non-hydrogen) atoms. The molecule has 1 aromatic rings. The lowest BCUT2D eigenvalue weighted by atomic mass is 10.0. The van der Waals surface area contributed by atoms with Crippen LogP contribution in [0.1, 0.15) is 10.4 Å². The van der Waals surface area contributed by atoms with Crippen molar-refractivity contribution in [1.82, 2.24) is 0 Å². The van der Waals surface area contributed by atoms with Crippen molar-refractivity contribution in [3.8, 4) is 0 Å². The van der Waals surface area contributed by atoms with E-state index < -0.39 is 37.0 Å². The topological polar surface area (TPSA) is 124 Å². The molecule has 7 heteroatoms. The van der Waals surface area contributed by atoms with E-state index in [1.54, 1.807) is 18.2 Å². The number of esters is 1. The van der Waals surface area contributed by atoms with Gasteiger partial charge in [-0.2, -0.15) is 0 Å². The van der Waals surface area contributed by atoms with Crippen LogP contribution < -0.4 is 0 Å². The molecule has 4 atom stereocenters. The molecule has 0 aromatic heterocycles. The molecule has 0 saturated carbocycles. The van der Waals surface area contributed by atoms with Crippen LogP contribution in [0.15, 0.2) is 30.3 Å². The number of carbonyl (C=O) groups is 2. The van der Waals surface area contributed by atoms with Gasteiger partial charge in [-0.05, 0) is 12.1 Å². The second kappa shape index (κ2) is 7.71. The third kappa shape index (κ3) is 4.39. The lowest BCUT2D eigenvalue weighted by molar-refractivity contribution is -0.136. The Morgan fingerprint density at radius 3 is 2.25 bits per heavy atom. The Morgan fingerprint density at radius 2 is 1.70 bits per heavy atom. The van der Waals surface area contributed by atoms with Gasteiger partial charge in [-0.3, -0.25) is 0 Å². The Bertz CT molecular complexity index is 434. The van der Waals surface area contributed by atoms with Crippen LogP contribution in [0.2, 0.25) is 0 Å². The fraction of sp³-hybridized carbons (Fsp3) is 0.385. The van der Waals surface area contributed by atoms with Gasteiger partial charge in [0.2, 0.25) is 0 Å². The van der Waals surface area contributed by atoms with Crippen LogP contribution in [0.5, 0.6) is 0 Å². The molecule has 0 radical (unpaired) electrons. The maximum absolute atomic E-state index is 11.5. The zero-order valence-electron chi connectivity index (χ0n) is 10.5. The highest BCUT2D eigenvalue weighted by Crippen LogP contribution is 2.07. The Hall–Kier alpha value is -1.80. The van der Waals surface area contributed by atoms with Crippen molar-refractivity contribution in [1.29, 1.82) is 0 Å². The standard InChI is InChI=1S/C13H16O7/c14-6-9(15)11(17)12(18)10(16)7-20-13(19)8-4-2-1-3-5-8/h1-6,9-12,15-18H,7H2/t9-,10-,11-,12-/m1/s1. The molecule has 0 aliphatic heterocycles. The predicted octanol–water partition coefficient (Wildman–Crippen LogP) is -1.51. The number of hydrogen-bond acceptors (Lipinski definition) is 7. The zero-order chi connectivity index (χ0) is 15.1. The van der Waals surface area contributed by atoms with E-state index in [1.807, 2.05) is 0 Å². The molecule has 1 aromatic carbocycles. The van der Waals surface area contributed by atoms with Gasteiger partial charge < -0.3 is 30.0 Å². The number of benzene rings is 1. The van der Waals surface area contributed by atoms with Gasteiger partial charge in [0, 0.05) is 0 Å². The van der Waals surface area contributed by atoms with Crippen molar-refractivity contribution in [3.63, 3.8) is 0 Å². The van der Waals surface area contributed by atoms with Gasteiger partial charge in [0.1, 0.15) is 31.0 Å². The molecule has 0 unspecified atom stereocenters. The quantitative estimate of drug-likeness (QED) is 0.354. The monoisotopic (exact) mass is 284 g/mol. The minimum Gasteiger partial charge on any atom is -0.459 e. The number of rotatable bonds is 7. The first-order valence-electron chi connectivity index (χ1n) is 5.87. The van der Waals surface area contributed by atoms with E-state index >= 15 is 0 Å². The van der Waals surface area contributed by atoms with Gasteiger partial charge in [-0.15, -0.1) is 0 Å². The summed E-state index contributed by atoms with van der Waals surface area (Å²) >= 11 is 0. The summed E-state index contributed by atoms with van der Waals surface area (Å²) in [5.41, 5.74) is 0.266. The summed E-state index contributed by atoms with van der Waals surface area (Å²) < 4.78 is 4.74. The highest BCUT2D eigenvalue weighted by molar-refractivity contribution is 5.89. The first kappa shape index (κ1) is 16.3. The van der Waals surface area contributed by atoms with Crippen LogP contribution >= 0.6 is 0 Å². The van der Waals surface area contributed by atoms with Crippen molar-refractivity contribution < 1.29 is 34.8 Å². The van der Waals surface area contributed by atoms with Gasteiger partial charge in [0.05, 0.1) is 5.56 Å². The molecule has 0 heterocycles. The second-order valence-corrected chi connectivity index (χ2v) is 4.14. The number of hydrogen-bond donors (Lipinski definition) is 4. The molecule has 4 N–H and O–H groups in total. The Labute approximate surface area is 115 Å². The number of carbonyl (C=O) groups excluding carboxylic acids is 2. The summed E-state index contributed by atoms with van der Waals surface area (Å²) in [6.45, 7) is -0.586. The lowest BCUT2D eigenvalue weighted by Gasteiger charge is -2.23. The Morgan fingerprint density at radius 1 is 1.10 bits per heavy atom. The van der Waals surface area contributed by atoms with E-state index in [0.29, 0.717) is 0 Å². The van der Waals surface area contributed by atoms with E-state index in [0.717, 1.165) is 0 Å². The van der Waals surface area contributed by atoms with E-state index in [1.165, 1.54) is 12.1 Å². The van der Waals surface area contributed by atoms with Gasteiger partial charge in [-0.1, -0.05) is 18.2 Å². The molecule has 0 bridgehead atoms. The summed E-state index contributed by atoms with van der Waals surface area (Å²) in [4.78, 5) is 21.8. The molecule has 0 aliphatic rings. The highest BCUT2D eigenvalue weighted by atomic mass is 16.5. The fourth-order valence-corrected chi connectivity index (χ4v) is 1.43. The third-order valence-electron chi connectivity index (χ3n) is 2.63. The van der Waals surface area contributed by atoms with Gasteiger partial charge in [0.15, 0.2) is 6.29 Å². The SMILES string of the molecule is O=C[C@@H](O)[C@@H](O)[C@H](O)[C@H](O)COC(=O)c1ccccc1. The molecular formula is C13H16O7. The molecule has 0 saturated heterocycles. The van der Waals surface area contributed by atoms with Crippen LogP contribution in [-0.2, 0) is 9.53 Å². The summed E-state index contributed by atoms with van der Waals surface area (Å²) in [7, 11) is 0. The summed E-state index contributed by atoms with van der Waals surface area (Å²) in [5, 5.41) is 37.3. The Balaban J connectivity index is 2.49. The minimum absolute atomic E-state index is 0.0244. The van der Waals surface area contributed by atoms with Crippen molar-refractivity contribution >= 4 is 12.3 Å². The van der Waals surface area contributed by atoms with Crippen molar-refractivity contribution in [2.75, 3.05) is 6.61 Å². The van der Waals surface area contributed by atoms with E-state index in [4.69, 9.17) is 9.84 Å². The van der Waals surface area contributed by atoms with Crippen molar-refractivity contribution in [3.05, 3.63) is 35.9 Å². The smallest absolute Gasteiger partial charge is 0.338 e. The second-order valence-electron chi connectivity index (χ2n) is 4.14. The maximum atomic E-state index is 11.5. The van der Waals surface area contributed by atoms with Gasteiger partial charge >= 0.3 is 5.97 Å². The van der Waals surface area contributed by atoms with Crippen molar-refractivity contribution in [2.45, 2.75) is 24.4 Å². The molecule has 1 rings (SSSR count). The number of aliphatic hydroxyl groups is 4. The van der Waals surface area contributed by atoms with Crippen LogP contribution in [0.25, 0.3) is 0 Å². The van der Waals surface area contributed by atoms with Gasteiger partial charge in [0.25, 0.3) is 0 Å². The molecule has 0 aliphatic carbocycles. The zero-order valence-corrected chi connectivity index (χ0v) is 10.5. The summed E-state index contributed by atoms with van der Waals surface area (Å²) in [6, 6.07) is 8.00. The first-order valence-corrected chi connectivity index (χ1v) is 5.87. The van der Waals surface area contributed by atoms with Crippen LogP contribution in [-0.4, -0.2) is 63.7 Å².